The number of halogens is 2. The Morgan fingerprint density at radius 3 is 2.77 bits per heavy atom. The lowest BCUT2D eigenvalue weighted by atomic mass is 9.96. The molecule has 2 fully saturated rings. The first kappa shape index (κ1) is 27.9. The predicted octanol–water partition coefficient (Wildman–Crippen LogP) is 4.69. The van der Waals surface area contributed by atoms with Gasteiger partial charge in [0.1, 0.15) is 19.0 Å². The zero-order chi connectivity index (χ0) is 29.8. The van der Waals surface area contributed by atoms with Crippen LogP contribution in [0.4, 0.5) is 20.2 Å². The zero-order valence-electron chi connectivity index (χ0n) is 24.7. The number of likely N-dealkylation sites (N-methyl/N-ethyl adjacent to an activating group) is 1. The van der Waals surface area contributed by atoms with E-state index in [1.54, 1.807) is 11.0 Å². The molecular weight excluding hydrogens is 552 g/mol. The van der Waals surface area contributed by atoms with Crippen LogP contribution >= 0.6 is 0 Å². The fraction of sp³-hybridized carbons (Fsp3) is 0.455. The Morgan fingerprint density at radius 1 is 1.19 bits per heavy atom. The third-order valence-corrected chi connectivity index (χ3v) is 9.55. The van der Waals surface area contributed by atoms with Gasteiger partial charge < -0.3 is 29.1 Å². The number of benzene rings is 2. The molecule has 3 aromatic rings. The first-order valence-corrected chi connectivity index (χ1v) is 15.2. The van der Waals surface area contributed by atoms with Gasteiger partial charge in [-0.25, -0.2) is 13.8 Å². The van der Waals surface area contributed by atoms with E-state index in [2.05, 4.69) is 28.3 Å². The van der Waals surface area contributed by atoms with Crippen LogP contribution in [0.5, 0.6) is 11.6 Å². The van der Waals surface area contributed by atoms with Gasteiger partial charge in [0, 0.05) is 48.4 Å². The Morgan fingerprint density at radius 2 is 2.00 bits per heavy atom. The van der Waals surface area contributed by atoms with E-state index in [4.69, 9.17) is 14.5 Å². The lowest BCUT2D eigenvalue weighted by Gasteiger charge is -2.49. The van der Waals surface area contributed by atoms with Gasteiger partial charge in [0.05, 0.1) is 24.0 Å². The van der Waals surface area contributed by atoms with Gasteiger partial charge in [0.2, 0.25) is 5.75 Å². The summed E-state index contributed by atoms with van der Waals surface area (Å²) in [6.45, 7) is 9.10. The first-order chi connectivity index (χ1) is 20.8. The minimum atomic E-state index is -0.948. The van der Waals surface area contributed by atoms with E-state index in [-0.39, 0.29) is 17.9 Å². The van der Waals surface area contributed by atoms with E-state index in [1.807, 2.05) is 31.2 Å². The Balaban J connectivity index is 1.27. The molecule has 2 saturated heterocycles. The highest BCUT2D eigenvalue weighted by Crippen LogP contribution is 2.47. The predicted molar refractivity (Wildman–Crippen MR) is 162 cm³/mol. The topological polar surface area (TPSA) is 61.4 Å². The molecule has 0 spiro atoms. The molecule has 8 nitrogen and oxygen atoms in total. The van der Waals surface area contributed by atoms with Crippen molar-refractivity contribution in [2.75, 3.05) is 56.2 Å². The van der Waals surface area contributed by atoms with Gasteiger partial charge in [0.25, 0.3) is 11.8 Å². The maximum atomic E-state index is 15.1. The smallest absolute Gasteiger partial charge is 0.282 e. The lowest BCUT2D eigenvalue weighted by molar-refractivity contribution is -0.131. The Labute approximate surface area is 250 Å². The molecule has 0 N–H and O–H groups in total. The molecule has 0 saturated carbocycles. The average molecular weight is 590 g/mol. The number of carbonyl (C=O) groups is 1. The SMILES string of the molecule is C=C(F)C(=O)N1C[C@@H]2COc3c(OC[C@@H]4CCCN4C)nc4c(c3N2C[C@H]1C)CCN(c1cccc2cccc(F)c12)C4. The van der Waals surface area contributed by atoms with Crippen LogP contribution in [0.3, 0.4) is 0 Å². The van der Waals surface area contributed by atoms with E-state index in [0.717, 1.165) is 47.4 Å². The molecule has 4 aliphatic heterocycles. The Hall–Kier alpha value is -3.92. The molecule has 1 amide bonds. The number of ether oxygens (including phenoxy) is 2. The minimum absolute atomic E-state index is 0.141. The molecule has 43 heavy (non-hydrogen) atoms. The van der Waals surface area contributed by atoms with Crippen molar-refractivity contribution in [2.24, 2.45) is 0 Å². The molecule has 10 heteroatoms. The molecule has 3 atom stereocenters. The second kappa shape index (κ2) is 11.0. The number of hydrogen-bond donors (Lipinski definition) is 0. The molecule has 1 aromatic heterocycles. The van der Waals surface area contributed by atoms with Crippen LogP contribution in [0.15, 0.2) is 48.8 Å². The van der Waals surface area contributed by atoms with E-state index in [0.29, 0.717) is 68.9 Å². The van der Waals surface area contributed by atoms with Crippen molar-refractivity contribution in [3.05, 3.63) is 65.9 Å². The number of aromatic nitrogens is 1. The van der Waals surface area contributed by atoms with Crippen molar-refractivity contribution in [3.8, 4) is 11.6 Å². The van der Waals surface area contributed by atoms with Gasteiger partial charge in [-0.1, -0.05) is 30.8 Å². The number of hydrogen-bond acceptors (Lipinski definition) is 7. The highest BCUT2D eigenvalue weighted by molar-refractivity contribution is 5.95. The molecule has 2 aromatic carbocycles. The van der Waals surface area contributed by atoms with Crippen molar-refractivity contribution in [2.45, 2.75) is 50.9 Å². The second-order valence-electron chi connectivity index (χ2n) is 12.2. The fourth-order valence-electron chi connectivity index (χ4n) is 7.23. The monoisotopic (exact) mass is 589 g/mol. The van der Waals surface area contributed by atoms with E-state index in [1.165, 1.54) is 6.07 Å². The van der Waals surface area contributed by atoms with E-state index >= 15 is 4.39 Å². The summed E-state index contributed by atoms with van der Waals surface area (Å²) in [5.74, 6) is -0.742. The number of carbonyl (C=O) groups excluding carboxylic acids is 1. The molecule has 0 bridgehead atoms. The lowest BCUT2D eigenvalue weighted by Crippen LogP contribution is -2.62. The molecule has 5 heterocycles. The van der Waals surface area contributed by atoms with E-state index < -0.39 is 11.7 Å². The fourth-order valence-corrected chi connectivity index (χ4v) is 7.23. The van der Waals surface area contributed by atoms with Crippen molar-refractivity contribution < 1.29 is 23.0 Å². The number of likely N-dealkylation sites (tertiary alicyclic amines) is 1. The van der Waals surface area contributed by atoms with Crippen LogP contribution in [-0.2, 0) is 17.8 Å². The standard InChI is InChI=1S/C33H37F2N5O3/c1-20-15-40-24(16-39(20)33(41)21(2)34)19-42-31-30(40)25-12-14-38(28-11-5-8-22-7-4-10-26(35)29(22)28)17-27(25)36-32(31)43-18-23-9-6-13-37(23)3/h4-5,7-8,10-11,20,23-24H,2,6,9,12-19H2,1,3H3/t20-,23+,24-/m1/s1. The van der Waals surface area contributed by atoms with Crippen LogP contribution in [0.25, 0.3) is 10.8 Å². The van der Waals surface area contributed by atoms with Crippen molar-refractivity contribution in [1.82, 2.24) is 14.8 Å². The summed E-state index contributed by atoms with van der Waals surface area (Å²) in [4.78, 5) is 26.0. The van der Waals surface area contributed by atoms with Crippen molar-refractivity contribution >= 4 is 28.1 Å². The first-order valence-electron chi connectivity index (χ1n) is 15.2. The van der Waals surface area contributed by atoms with Crippen LogP contribution in [0, 0.1) is 5.82 Å². The number of anilines is 2. The van der Waals surface area contributed by atoms with Gasteiger partial charge in [-0.15, -0.1) is 0 Å². The molecular formula is C33H37F2N5O3. The number of amides is 1. The van der Waals surface area contributed by atoms with Crippen LogP contribution in [0.1, 0.15) is 31.0 Å². The quantitative estimate of drug-likeness (QED) is 0.400. The summed E-state index contributed by atoms with van der Waals surface area (Å²) >= 11 is 0. The van der Waals surface area contributed by atoms with Gasteiger partial charge in [-0.05, 0) is 57.3 Å². The van der Waals surface area contributed by atoms with E-state index in [9.17, 15) is 9.18 Å². The summed E-state index contributed by atoms with van der Waals surface area (Å²) < 4.78 is 41.8. The zero-order valence-corrected chi connectivity index (χ0v) is 24.7. The minimum Gasteiger partial charge on any atom is -0.484 e. The molecule has 7 rings (SSSR count). The summed E-state index contributed by atoms with van der Waals surface area (Å²) in [7, 11) is 2.12. The maximum Gasteiger partial charge on any atom is 0.282 e. The summed E-state index contributed by atoms with van der Waals surface area (Å²) in [5, 5.41) is 1.47. The van der Waals surface area contributed by atoms with Gasteiger partial charge in [0.15, 0.2) is 5.83 Å². The number of rotatable bonds is 5. The van der Waals surface area contributed by atoms with Gasteiger partial charge in [-0.3, -0.25) is 4.79 Å². The van der Waals surface area contributed by atoms with Crippen LogP contribution in [0.2, 0.25) is 0 Å². The highest BCUT2D eigenvalue weighted by atomic mass is 19.1. The van der Waals surface area contributed by atoms with Gasteiger partial charge >= 0.3 is 0 Å². The van der Waals surface area contributed by atoms with Crippen LogP contribution < -0.4 is 19.3 Å². The number of nitrogens with zero attached hydrogens (tertiary/aromatic N) is 5. The Kier molecular flexibility index (Phi) is 7.12. The summed E-state index contributed by atoms with van der Waals surface area (Å²) in [6, 6.07) is 11.0. The molecule has 0 unspecified atom stereocenters. The molecule has 4 aliphatic rings. The molecule has 226 valence electrons. The normalized spacial score (nSPS) is 23.4. The second-order valence-corrected chi connectivity index (χ2v) is 12.2. The van der Waals surface area contributed by atoms with Gasteiger partial charge in [-0.2, -0.15) is 0 Å². The Bertz CT molecular complexity index is 1590. The van der Waals surface area contributed by atoms with Crippen molar-refractivity contribution in [3.63, 3.8) is 0 Å². The summed E-state index contributed by atoms with van der Waals surface area (Å²) in [5.41, 5.74) is 3.76. The molecule has 0 radical (unpaired) electrons. The molecule has 0 aliphatic carbocycles. The van der Waals surface area contributed by atoms with Crippen LogP contribution in [-0.4, -0.2) is 85.3 Å². The number of pyridine rings is 1. The third-order valence-electron chi connectivity index (χ3n) is 9.55. The largest absolute Gasteiger partial charge is 0.484 e. The third kappa shape index (κ3) is 4.85. The number of piperazine rings is 1. The maximum absolute atomic E-state index is 15.1. The van der Waals surface area contributed by atoms with Crippen molar-refractivity contribution in [1.29, 1.82) is 0 Å². The average Bonchev–Trinajstić information content (AvgIpc) is 3.42. The highest BCUT2D eigenvalue weighted by Gasteiger charge is 2.42. The number of fused-ring (bicyclic) bond motifs is 6. The summed E-state index contributed by atoms with van der Waals surface area (Å²) in [6.07, 6.45) is 2.90.